The normalized spacial score (nSPS) is 11.9. The number of hydrogen-bond acceptors (Lipinski definition) is 4. The molecule has 1 N–H and O–H groups in total. The zero-order chi connectivity index (χ0) is 17.6. The Labute approximate surface area is 152 Å². The highest BCUT2D eigenvalue weighted by molar-refractivity contribution is 7.10. The second-order valence-corrected chi connectivity index (χ2v) is 6.94. The molecule has 1 atom stereocenters. The van der Waals surface area contributed by atoms with Crippen molar-refractivity contribution < 1.29 is 4.79 Å². The zero-order valence-corrected chi connectivity index (χ0v) is 15.2. The lowest BCUT2D eigenvalue weighted by Crippen LogP contribution is -2.29. The van der Waals surface area contributed by atoms with Gasteiger partial charge >= 0.3 is 0 Å². The second kappa shape index (κ2) is 8.03. The largest absolute Gasteiger partial charge is 0.339 e. The van der Waals surface area contributed by atoms with Gasteiger partial charge in [0, 0.05) is 11.1 Å². The van der Waals surface area contributed by atoms with Gasteiger partial charge in [-0.25, -0.2) is 4.98 Å². The van der Waals surface area contributed by atoms with Crippen LogP contribution in [0.15, 0.2) is 54.2 Å². The molecule has 1 amide bonds. The topological polar surface area (TPSA) is 54.9 Å². The Balaban J connectivity index is 1.85. The van der Waals surface area contributed by atoms with E-state index >= 15 is 0 Å². The van der Waals surface area contributed by atoms with Gasteiger partial charge in [-0.2, -0.15) is 0 Å². The first-order valence-electron chi connectivity index (χ1n) is 8.39. The van der Waals surface area contributed by atoms with Crippen LogP contribution < -0.4 is 5.32 Å². The number of nitrogens with one attached hydrogen (secondary N) is 1. The van der Waals surface area contributed by atoms with Crippen LogP contribution >= 0.6 is 11.3 Å². The molecule has 0 fully saturated rings. The van der Waals surface area contributed by atoms with Crippen LogP contribution in [0.4, 0.5) is 0 Å². The average molecular weight is 351 g/mol. The van der Waals surface area contributed by atoms with E-state index < -0.39 is 0 Å². The Kier molecular flexibility index (Phi) is 5.56. The van der Waals surface area contributed by atoms with E-state index in [9.17, 15) is 4.79 Å². The standard InChI is InChI=1S/C20H21N3OS/c1-3-5-15-7-9-16(10-8-15)19(18-6-4-11-25-18)23-20(24)17-13-21-14(2)12-22-17/h4,6-13,19H,3,5H2,1-2H3,(H,23,24)/t19-/m1/s1. The van der Waals surface area contributed by atoms with Crippen molar-refractivity contribution >= 4 is 17.2 Å². The molecule has 3 rings (SSSR count). The number of nitrogens with zero attached hydrogens (tertiary/aromatic N) is 2. The van der Waals surface area contributed by atoms with Gasteiger partial charge in [-0.15, -0.1) is 11.3 Å². The summed E-state index contributed by atoms with van der Waals surface area (Å²) in [5, 5.41) is 5.11. The summed E-state index contributed by atoms with van der Waals surface area (Å²) in [4.78, 5) is 22.0. The highest BCUT2D eigenvalue weighted by atomic mass is 32.1. The van der Waals surface area contributed by atoms with Crippen molar-refractivity contribution in [3.8, 4) is 0 Å². The predicted octanol–water partition coefficient (Wildman–Crippen LogP) is 4.32. The zero-order valence-electron chi connectivity index (χ0n) is 14.4. The minimum atomic E-state index is -0.219. The Bertz CT molecular complexity index is 811. The second-order valence-electron chi connectivity index (χ2n) is 5.96. The molecule has 3 aromatic rings. The first-order chi connectivity index (χ1) is 12.2. The molecule has 2 heterocycles. The number of amides is 1. The number of benzene rings is 1. The quantitative estimate of drug-likeness (QED) is 0.719. The van der Waals surface area contributed by atoms with Crippen molar-refractivity contribution in [2.75, 3.05) is 0 Å². The molecule has 0 aliphatic heterocycles. The third kappa shape index (κ3) is 4.31. The SMILES string of the molecule is CCCc1ccc([C@@H](NC(=O)c2cnc(C)cn2)c2cccs2)cc1. The summed E-state index contributed by atoms with van der Waals surface area (Å²) in [7, 11) is 0. The fourth-order valence-electron chi connectivity index (χ4n) is 2.65. The molecule has 0 spiro atoms. The van der Waals surface area contributed by atoms with Gasteiger partial charge < -0.3 is 5.32 Å². The van der Waals surface area contributed by atoms with Crippen LogP contribution in [0.3, 0.4) is 0 Å². The van der Waals surface area contributed by atoms with Gasteiger partial charge in [0.1, 0.15) is 5.69 Å². The number of rotatable bonds is 6. The first-order valence-corrected chi connectivity index (χ1v) is 9.27. The molecule has 4 nitrogen and oxygen atoms in total. The van der Waals surface area contributed by atoms with E-state index in [1.165, 1.54) is 11.8 Å². The van der Waals surface area contributed by atoms with Gasteiger partial charge in [0.2, 0.25) is 0 Å². The minimum Gasteiger partial charge on any atom is -0.339 e. The fraction of sp³-hybridized carbons (Fsp3) is 0.250. The van der Waals surface area contributed by atoms with Crippen molar-refractivity contribution in [1.29, 1.82) is 0 Å². The Morgan fingerprint density at radius 3 is 2.56 bits per heavy atom. The van der Waals surface area contributed by atoms with E-state index in [0.717, 1.165) is 29.0 Å². The van der Waals surface area contributed by atoms with Crippen molar-refractivity contribution in [1.82, 2.24) is 15.3 Å². The van der Waals surface area contributed by atoms with Crippen LogP contribution in [0.5, 0.6) is 0 Å². The Morgan fingerprint density at radius 1 is 1.16 bits per heavy atom. The predicted molar refractivity (Wildman–Crippen MR) is 101 cm³/mol. The van der Waals surface area contributed by atoms with Crippen LogP contribution in [0.25, 0.3) is 0 Å². The maximum atomic E-state index is 12.6. The number of carbonyl (C=O) groups is 1. The molecule has 0 saturated heterocycles. The van der Waals surface area contributed by atoms with Crippen molar-refractivity contribution in [2.24, 2.45) is 0 Å². The van der Waals surface area contributed by atoms with Gasteiger partial charge in [0.15, 0.2) is 0 Å². The molecular formula is C20H21N3OS. The van der Waals surface area contributed by atoms with E-state index in [1.54, 1.807) is 17.5 Å². The minimum absolute atomic E-state index is 0.189. The van der Waals surface area contributed by atoms with Gasteiger partial charge in [-0.1, -0.05) is 43.7 Å². The number of carbonyl (C=O) groups excluding carboxylic acids is 1. The molecule has 1 aromatic carbocycles. The third-order valence-corrected chi connectivity index (χ3v) is 4.91. The third-order valence-electron chi connectivity index (χ3n) is 3.97. The smallest absolute Gasteiger partial charge is 0.272 e. The fourth-order valence-corrected chi connectivity index (χ4v) is 3.46. The maximum Gasteiger partial charge on any atom is 0.272 e. The molecule has 128 valence electrons. The lowest BCUT2D eigenvalue weighted by Gasteiger charge is -2.18. The van der Waals surface area contributed by atoms with Gasteiger partial charge in [-0.05, 0) is 35.9 Å². The highest BCUT2D eigenvalue weighted by Crippen LogP contribution is 2.26. The molecule has 0 unspecified atom stereocenters. The van der Waals surface area contributed by atoms with Crippen LogP contribution in [-0.2, 0) is 6.42 Å². The van der Waals surface area contributed by atoms with Crippen LogP contribution in [0.2, 0.25) is 0 Å². The number of thiophene rings is 1. The molecule has 0 saturated carbocycles. The summed E-state index contributed by atoms with van der Waals surface area (Å²) >= 11 is 1.63. The molecule has 25 heavy (non-hydrogen) atoms. The maximum absolute atomic E-state index is 12.6. The number of aromatic nitrogens is 2. The first kappa shape index (κ1) is 17.3. The van der Waals surface area contributed by atoms with Crippen LogP contribution in [0, 0.1) is 6.92 Å². The van der Waals surface area contributed by atoms with Gasteiger partial charge in [-0.3, -0.25) is 9.78 Å². The van der Waals surface area contributed by atoms with Gasteiger partial charge in [0.05, 0.1) is 17.9 Å². The monoisotopic (exact) mass is 351 g/mol. The molecule has 0 aliphatic carbocycles. The van der Waals surface area contributed by atoms with Crippen molar-refractivity contribution in [3.05, 3.63) is 81.6 Å². The van der Waals surface area contributed by atoms with Crippen molar-refractivity contribution in [2.45, 2.75) is 32.7 Å². The van der Waals surface area contributed by atoms with Gasteiger partial charge in [0.25, 0.3) is 5.91 Å². The van der Waals surface area contributed by atoms with E-state index in [-0.39, 0.29) is 11.9 Å². The highest BCUT2D eigenvalue weighted by Gasteiger charge is 2.19. The van der Waals surface area contributed by atoms with E-state index in [0.29, 0.717) is 5.69 Å². The molecule has 0 aliphatic rings. The molecular weight excluding hydrogens is 330 g/mol. The van der Waals surface area contributed by atoms with Crippen LogP contribution in [0.1, 0.15) is 51.6 Å². The summed E-state index contributed by atoms with van der Waals surface area (Å²) in [5.41, 5.74) is 3.50. The Hall–Kier alpha value is -2.53. The number of aryl methyl sites for hydroxylation is 2. The summed E-state index contributed by atoms with van der Waals surface area (Å²) in [5.74, 6) is -0.219. The van der Waals surface area contributed by atoms with E-state index in [4.69, 9.17) is 0 Å². The molecule has 5 heteroatoms. The lowest BCUT2D eigenvalue weighted by molar-refractivity contribution is 0.0938. The molecule has 0 radical (unpaired) electrons. The summed E-state index contributed by atoms with van der Waals surface area (Å²) in [6, 6.07) is 12.3. The van der Waals surface area contributed by atoms with Crippen molar-refractivity contribution in [3.63, 3.8) is 0 Å². The summed E-state index contributed by atoms with van der Waals surface area (Å²) in [6.07, 6.45) is 5.31. The number of hydrogen-bond donors (Lipinski definition) is 1. The Morgan fingerprint density at radius 2 is 1.96 bits per heavy atom. The lowest BCUT2D eigenvalue weighted by atomic mass is 10.0. The average Bonchev–Trinajstić information content (AvgIpc) is 3.15. The van der Waals surface area contributed by atoms with Crippen LogP contribution in [-0.4, -0.2) is 15.9 Å². The summed E-state index contributed by atoms with van der Waals surface area (Å²) in [6.45, 7) is 4.02. The molecule has 0 bridgehead atoms. The van der Waals surface area contributed by atoms with E-state index in [2.05, 4.69) is 46.5 Å². The summed E-state index contributed by atoms with van der Waals surface area (Å²) < 4.78 is 0. The van der Waals surface area contributed by atoms with E-state index in [1.807, 2.05) is 24.4 Å². The molecule has 2 aromatic heterocycles.